The van der Waals surface area contributed by atoms with Gasteiger partial charge in [0.25, 0.3) is 5.89 Å². The molecule has 1 amide bonds. The van der Waals surface area contributed by atoms with Crippen LogP contribution in [-0.2, 0) is 12.8 Å². The van der Waals surface area contributed by atoms with Gasteiger partial charge in [0, 0.05) is 26.2 Å². The van der Waals surface area contributed by atoms with E-state index in [0.717, 1.165) is 44.5 Å². The van der Waals surface area contributed by atoms with Crippen molar-refractivity contribution in [1.29, 1.82) is 0 Å². The smallest absolute Gasteiger partial charge is 0.309 e. The Morgan fingerprint density at radius 3 is 2.81 bits per heavy atom. The van der Waals surface area contributed by atoms with Crippen molar-refractivity contribution in [2.45, 2.75) is 39.5 Å². The number of carbonyl (C=O) groups excluding carboxylic acids is 1. The minimum Gasteiger partial charge on any atom is -0.432 e. The molecule has 1 aromatic heterocycles. The second-order valence-corrected chi connectivity index (χ2v) is 8.56. The Labute approximate surface area is 185 Å². The Kier molecular flexibility index (Phi) is 7.03. The van der Waals surface area contributed by atoms with Crippen molar-refractivity contribution in [3.8, 4) is 0 Å². The maximum Gasteiger partial charge on any atom is 0.309 e. The van der Waals surface area contributed by atoms with Gasteiger partial charge in [-0.3, -0.25) is 4.79 Å². The summed E-state index contributed by atoms with van der Waals surface area (Å²) in [5.74, 6) is 0.586. The van der Waals surface area contributed by atoms with Crippen LogP contribution in [0.4, 0.5) is 0 Å². The molecule has 164 valence electrons. The summed E-state index contributed by atoms with van der Waals surface area (Å²) < 4.78 is 5.72. The first-order chi connectivity index (χ1) is 15.2. The number of para-hydroxylation sites is 2. The average molecular weight is 420 g/mol. The average Bonchev–Trinajstić information content (AvgIpc) is 3.25. The molecule has 0 spiro atoms. The highest BCUT2D eigenvalue weighted by atomic mass is 16.4. The molecule has 2 aromatic carbocycles. The van der Waals surface area contributed by atoms with Crippen LogP contribution in [0.5, 0.6) is 0 Å². The number of rotatable bonds is 8. The number of amides is 1. The minimum atomic E-state index is -0.104. The normalized spacial score (nSPS) is 17.2. The van der Waals surface area contributed by atoms with E-state index in [2.05, 4.69) is 41.1 Å². The third-order valence-corrected chi connectivity index (χ3v) is 6.34. The summed E-state index contributed by atoms with van der Waals surface area (Å²) in [6, 6.07) is 16.5. The number of hydrogen-bond donors (Lipinski definition) is 0. The highest BCUT2D eigenvalue weighted by Crippen LogP contribution is 2.21. The molecule has 0 aliphatic carbocycles. The highest BCUT2D eigenvalue weighted by Gasteiger charge is 2.26. The van der Waals surface area contributed by atoms with E-state index in [4.69, 9.17) is 4.42 Å². The lowest BCUT2D eigenvalue weighted by molar-refractivity contribution is 0.0654. The number of nitrogens with zero attached hydrogens (tertiary/aromatic N) is 3. The SMILES string of the molecule is CCc1cccc(CCN2CCCC(CN(CC)C(=O)c3nc4ccccc4o3)C2)c1. The van der Waals surface area contributed by atoms with Crippen LogP contribution in [0.25, 0.3) is 11.1 Å². The summed E-state index contributed by atoms with van der Waals surface area (Å²) in [5, 5.41) is 0. The van der Waals surface area contributed by atoms with Crippen molar-refractivity contribution in [1.82, 2.24) is 14.8 Å². The number of fused-ring (bicyclic) bond motifs is 1. The fourth-order valence-corrected chi connectivity index (χ4v) is 4.56. The van der Waals surface area contributed by atoms with E-state index in [-0.39, 0.29) is 11.8 Å². The number of piperidine rings is 1. The number of aryl methyl sites for hydroxylation is 1. The van der Waals surface area contributed by atoms with Gasteiger partial charge in [-0.2, -0.15) is 0 Å². The molecule has 5 nitrogen and oxygen atoms in total. The Balaban J connectivity index is 1.34. The molecule has 1 atom stereocenters. The van der Waals surface area contributed by atoms with Crippen molar-refractivity contribution in [3.05, 3.63) is 65.5 Å². The lowest BCUT2D eigenvalue weighted by Crippen LogP contribution is -2.43. The fourth-order valence-electron chi connectivity index (χ4n) is 4.56. The molecule has 4 rings (SSSR count). The second kappa shape index (κ2) is 10.1. The predicted molar refractivity (Wildman–Crippen MR) is 124 cm³/mol. The van der Waals surface area contributed by atoms with E-state index >= 15 is 0 Å². The van der Waals surface area contributed by atoms with Crippen molar-refractivity contribution >= 4 is 17.0 Å². The van der Waals surface area contributed by atoms with Gasteiger partial charge in [-0.1, -0.05) is 43.3 Å². The van der Waals surface area contributed by atoms with E-state index < -0.39 is 0 Å². The maximum absolute atomic E-state index is 13.0. The van der Waals surface area contributed by atoms with Crippen molar-refractivity contribution in [2.75, 3.05) is 32.7 Å². The van der Waals surface area contributed by atoms with Crippen LogP contribution in [-0.4, -0.2) is 53.4 Å². The topological polar surface area (TPSA) is 49.6 Å². The third-order valence-electron chi connectivity index (χ3n) is 6.34. The van der Waals surface area contributed by atoms with Gasteiger partial charge in [0.15, 0.2) is 5.58 Å². The van der Waals surface area contributed by atoms with E-state index in [1.54, 1.807) is 0 Å². The van der Waals surface area contributed by atoms with Crippen LogP contribution >= 0.6 is 0 Å². The fraction of sp³-hybridized carbons (Fsp3) is 0.462. The lowest BCUT2D eigenvalue weighted by Gasteiger charge is -2.35. The molecule has 0 bridgehead atoms. The van der Waals surface area contributed by atoms with Gasteiger partial charge in [-0.25, -0.2) is 4.98 Å². The summed E-state index contributed by atoms with van der Waals surface area (Å²) in [5.41, 5.74) is 4.23. The van der Waals surface area contributed by atoms with Crippen LogP contribution in [0.1, 0.15) is 48.5 Å². The standard InChI is InChI=1S/C26H33N3O2/c1-3-20-9-7-10-21(17-20)14-16-28-15-8-11-22(18-28)19-29(4-2)26(30)25-27-23-12-5-6-13-24(23)31-25/h5-7,9-10,12-13,17,22H,3-4,8,11,14-16,18-19H2,1-2H3. The number of benzene rings is 2. The van der Waals surface area contributed by atoms with E-state index in [1.165, 1.54) is 24.0 Å². The van der Waals surface area contributed by atoms with Gasteiger partial charge < -0.3 is 14.2 Å². The molecule has 3 aromatic rings. The van der Waals surface area contributed by atoms with Crippen LogP contribution < -0.4 is 0 Å². The van der Waals surface area contributed by atoms with Crippen LogP contribution in [0.15, 0.2) is 52.9 Å². The predicted octanol–water partition coefficient (Wildman–Crippen LogP) is 4.81. The van der Waals surface area contributed by atoms with E-state index in [0.29, 0.717) is 18.0 Å². The minimum absolute atomic E-state index is 0.104. The molecule has 5 heteroatoms. The Morgan fingerprint density at radius 2 is 2.00 bits per heavy atom. The highest BCUT2D eigenvalue weighted by molar-refractivity contribution is 5.92. The van der Waals surface area contributed by atoms with Crippen LogP contribution in [0.3, 0.4) is 0 Å². The first-order valence-electron chi connectivity index (χ1n) is 11.6. The van der Waals surface area contributed by atoms with Crippen molar-refractivity contribution < 1.29 is 9.21 Å². The Bertz CT molecular complexity index is 980. The van der Waals surface area contributed by atoms with Gasteiger partial charge in [0.2, 0.25) is 0 Å². The summed E-state index contributed by atoms with van der Waals surface area (Å²) in [4.78, 5) is 21.9. The zero-order valence-electron chi connectivity index (χ0n) is 18.7. The molecule has 2 heterocycles. The molecule has 0 saturated carbocycles. The molecule has 1 aliphatic rings. The molecule has 1 saturated heterocycles. The van der Waals surface area contributed by atoms with E-state index in [1.807, 2.05) is 36.1 Å². The number of likely N-dealkylation sites (tertiary alicyclic amines) is 1. The Hall–Kier alpha value is -2.66. The molecule has 0 radical (unpaired) electrons. The molecule has 1 aliphatic heterocycles. The zero-order valence-corrected chi connectivity index (χ0v) is 18.7. The van der Waals surface area contributed by atoms with Gasteiger partial charge in [-0.05, 0) is 68.3 Å². The van der Waals surface area contributed by atoms with Crippen molar-refractivity contribution in [2.24, 2.45) is 5.92 Å². The van der Waals surface area contributed by atoms with Crippen LogP contribution in [0, 0.1) is 5.92 Å². The first-order valence-corrected chi connectivity index (χ1v) is 11.6. The number of hydrogen-bond acceptors (Lipinski definition) is 4. The molecule has 1 fully saturated rings. The summed E-state index contributed by atoms with van der Waals surface area (Å²) >= 11 is 0. The first kappa shape index (κ1) is 21.6. The molecular weight excluding hydrogens is 386 g/mol. The molecule has 31 heavy (non-hydrogen) atoms. The monoisotopic (exact) mass is 419 g/mol. The largest absolute Gasteiger partial charge is 0.432 e. The maximum atomic E-state index is 13.0. The van der Waals surface area contributed by atoms with Crippen molar-refractivity contribution in [3.63, 3.8) is 0 Å². The van der Waals surface area contributed by atoms with Crippen LogP contribution in [0.2, 0.25) is 0 Å². The van der Waals surface area contributed by atoms with Gasteiger partial charge in [0.1, 0.15) is 5.52 Å². The third kappa shape index (κ3) is 5.34. The Morgan fingerprint density at radius 1 is 1.16 bits per heavy atom. The number of oxazole rings is 1. The molecule has 0 N–H and O–H groups in total. The number of carbonyl (C=O) groups is 1. The molecule has 1 unspecified atom stereocenters. The van der Waals surface area contributed by atoms with Gasteiger partial charge in [0.05, 0.1) is 0 Å². The lowest BCUT2D eigenvalue weighted by atomic mass is 9.96. The summed E-state index contributed by atoms with van der Waals surface area (Å²) in [7, 11) is 0. The van der Waals surface area contributed by atoms with Gasteiger partial charge >= 0.3 is 5.91 Å². The summed E-state index contributed by atoms with van der Waals surface area (Å²) in [6.45, 7) is 8.93. The van der Waals surface area contributed by atoms with E-state index in [9.17, 15) is 4.79 Å². The number of aromatic nitrogens is 1. The second-order valence-electron chi connectivity index (χ2n) is 8.56. The zero-order chi connectivity index (χ0) is 21.6. The van der Waals surface area contributed by atoms with Gasteiger partial charge in [-0.15, -0.1) is 0 Å². The summed E-state index contributed by atoms with van der Waals surface area (Å²) in [6.07, 6.45) is 4.52. The quantitative estimate of drug-likeness (QED) is 0.526. The molecular formula is C26H33N3O2.